The Balaban J connectivity index is 2.03. The van der Waals surface area contributed by atoms with E-state index in [0.717, 1.165) is 15.6 Å². The van der Waals surface area contributed by atoms with Crippen LogP contribution >= 0.6 is 22.7 Å². The maximum absolute atomic E-state index is 11.1. The van der Waals surface area contributed by atoms with Gasteiger partial charge in [0.15, 0.2) is 0 Å². The number of carbonyl (C=O) groups excluding carboxylic acids is 1. The number of anilines is 1. The number of nitrogens with zero attached hydrogens (tertiary/aromatic N) is 1. The molecule has 1 amide bonds. The van der Waals surface area contributed by atoms with E-state index in [9.17, 15) is 4.79 Å². The zero-order valence-corrected chi connectivity index (χ0v) is 12.8. The number of thiazole rings is 1. The third-order valence-electron chi connectivity index (χ3n) is 2.71. The third kappa shape index (κ3) is 3.62. The number of amides is 1. The molecular weight excluding hydrogens is 278 g/mol. The molecule has 2 aromatic rings. The first-order valence-electron chi connectivity index (χ1n) is 5.98. The summed E-state index contributed by atoms with van der Waals surface area (Å²) in [4.78, 5) is 16.6. The van der Waals surface area contributed by atoms with Crippen LogP contribution in [0.5, 0.6) is 0 Å². The van der Waals surface area contributed by atoms with Crippen LogP contribution in [-0.2, 0) is 16.9 Å². The molecule has 0 fully saturated rings. The van der Waals surface area contributed by atoms with E-state index in [0.29, 0.717) is 6.54 Å². The van der Waals surface area contributed by atoms with E-state index in [-0.39, 0.29) is 11.4 Å². The topological polar surface area (TPSA) is 54.0 Å². The minimum Gasteiger partial charge on any atom is -0.325 e. The van der Waals surface area contributed by atoms with Crippen LogP contribution in [0.2, 0.25) is 0 Å². The molecule has 0 aliphatic rings. The normalized spacial score (nSPS) is 11.5. The van der Waals surface area contributed by atoms with Gasteiger partial charge in [-0.3, -0.25) is 4.79 Å². The molecule has 2 rings (SSSR count). The number of thiophene rings is 1. The maximum Gasteiger partial charge on any atom is 0.221 e. The fourth-order valence-corrected chi connectivity index (χ4v) is 3.20. The second-order valence-electron chi connectivity index (χ2n) is 4.75. The lowest BCUT2D eigenvalue weighted by Gasteiger charge is -2.23. The Kier molecular flexibility index (Phi) is 4.34. The fraction of sp³-hybridized carbons (Fsp3) is 0.385. The van der Waals surface area contributed by atoms with E-state index < -0.39 is 0 Å². The molecule has 0 saturated carbocycles. The highest BCUT2D eigenvalue weighted by Gasteiger charge is 2.23. The molecular formula is C13H17N3OS2. The quantitative estimate of drug-likeness (QED) is 0.890. The lowest BCUT2D eigenvalue weighted by Crippen LogP contribution is -2.35. The molecule has 0 saturated heterocycles. The average Bonchev–Trinajstić information content (AvgIpc) is 2.96. The van der Waals surface area contributed by atoms with Gasteiger partial charge in [-0.2, -0.15) is 0 Å². The Hall–Kier alpha value is -1.24. The van der Waals surface area contributed by atoms with Crippen molar-refractivity contribution in [3.63, 3.8) is 0 Å². The molecule has 0 unspecified atom stereocenters. The van der Waals surface area contributed by atoms with Crippen LogP contribution in [0.3, 0.4) is 0 Å². The second-order valence-corrected chi connectivity index (χ2v) is 6.65. The number of aromatic nitrogens is 1. The van der Waals surface area contributed by atoms with Crippen molar-refractivity contribution in [3.05, 3.63) is 32.9 Å². The van der Waals surface area contributed by atoms with Gasteiger partial charge in [-0.05, 0) is 25.3 Å². The van der Waals surface area contributed by atoms with E-state index in [1.807, 2.05) is 23.0 Å². The van der Waals surface area contributed by atoms with Crippen molar-refractivity contribution in [1.82, 2.24) is 10.3 Å². The monoisotopic (exact) mass is 295 g/mol. The van der Waals surface area contributed by atoms with Gasteiger partial charge in [0.25, 0.3) is 0 Å². The Morgan fingerprint density at radius 2 is 2.16 bits per heavy atom. The largest absolute Gasteiger partial charge is 0.325 e. The van der Waals surface area contributed by atoms with Crippen molar-refractivity contribution in [2.45, 2.75) is 32.9 Å². The first-order valence-corrected chi connectivity index (χ1v) is 7.74. The van der Waals surface area contributed by atoms with E-state index in [4.69, 9.17) is 0 Å². The van der Waals surface area contributed by atoms with E-state index in [2.05, 4.69) is 29.5 Å². The van der Waals surface area contributed by atoms with Crippen molar-refractivity contribution in [2.75, 3.05) is 5.32 Å². The standard InChI is InChI=1S/C13H17N3OS2/c1-9(17)16-10-4-6-18-11(10)8-15-13(2,3)12-14-5-7-19-12/h4-7,15H,8H2,1-3H3,(H,16,17). The first-order chi connectivity index (χ1) is 8.99. The van der Waals surface area contributed by atoms with Gasteiger partial charge >= 0.3 is 0 Å². The Morgan fingerprint density at radius 3 is 2.79 bits per heavy atom. The van der Waals surface area contributed by atoms with Crippen molar-refractivity contribution in [3.8, 4) is 0 Å². The fourth-order valence-electron chi connectivity index (χ4n) is 1.69. The van der Waals surface area contributed by atoms with Gasteiger partial charge < -0.3 is 10.6 Å². The Labute approximate surface area is 120 Å². The van der Waals surface area contributed by atoms with Gasteiger partial charge in [0.2, 0.25) is 5.91 Å². The predicted molar refractivity (Wildman–Crippen MR) is 80.6 cm³/mol. The molecule has 0 spiro atoms. The van der Waals surface area contributed by atoms with Crippen LogP contribution in [0.15, 0.2) is 23.0 Å². The summed E-state index contributed by atoms with van der Waals surface area (Å²) in [5.74, 6) is -0.0427. The Morgan fingerprint density at radius 1 is 1.37 bits per heavy atom. The summed E-state index contributed by atoms with van der Waals surface area (Å²) in [5, 5.41) is 11.4. The number of hydrogen-bond donors (Lipinski definition) is 2. The van der Waals surface area contributed by atoms with Gasteiger partial charge in [0, 0.05) is 29.9 Å². The molecule has 0 aliphatic heterocycles. The van der Waals surface area contributed by atoms with Crippen LogP contribution in [0.25, 0.3) is 0 Å². The molecule has 19 heavy (non-hydrogen) atoms. The molecule has 102 valence electrons. The van der Waals surface area contributed by atoms with Crippen LogP contribution in [0.4, 0.5) is 5.69 Å². The van der Waals surface area contributed by atoms with Crippen molar-refractivity contribution >= 4 is 34.3 Å². The summed E-state index contributed by atoms with van der Waals surface area (Å²) in [6, 6.07) is 1.93. The lowest BCUT2D eigenvalue weighted by atomic mass is 10.1. The zero-order valence-electron chi connectivity index (χ0n) is 11.2. The summed E-state index contributed by atoms with van der Waals surface area (Å²) >= 11 is 3.28. The number of rotatable bonds is 5. The SMILES string of the molecule is CC(=O)Nc1ccsc1CNC(C)(C)c1nccs1. The highest BCUT2D eigenvalue weighted by atomic mass is 32.1. The van der Waals surface area contributed by atoms with Gasteiger partial charge in [0.1, 0.15) is 5.01 Å². The molecule has 0 atom stereocenters. The van der Waals surface area contributed by atoms with E-state index in [1.165, 1.54) is 6.92 Å². The van der Waals surface area contributed by atoms with Gasteiger partial charge in [-0.1, -0.05) is 0 Å². The smallest absolute Gasteiger partial charge is 0.221 e. The van der Waals surface area contributed by atoms with Gasteiger partial charge in [0.05, 0.1) is 11.2 Å². The van der Waals surface area contributed by atoms with Crippen LogP contribution in [0.1, 0.15) is 30.7 Å². The molecule has 6 heteroatoms. The Bertz CT molecular complexity index is 546. The molecule has 0 bridgehead atoms. The first kappa shape index (κ1) is 14.2. The molecule has 4 nitrogen and oxygen atoms in total. The van der Waals surface area contributed by atoms with Crippen molar-refractivity contribution in [2.24, 2.45) is 0 Å². The molecule has 2 aromatic heterocycles. The number of carbonyl (C=O) groups is 1. The molecule has 0 aliphatic carbocycles. The van der Waals surface area contributed by atoms with Crippen LogP contribution in [0, 0.1) is 0 Å². The zero-order chi connectivity index (χ0) is 13.9. The second kappa shape index (κ2) is 5.81. The summed E-state index contributed by atoms with van der Waals surface area (Å²) in [7, 11) is 0. The lowest BCUT2D eigenvalue weighted by molar-refractivity contribution is -0.114. The molecule has 0 radical (unpaired) electrons. The van der Waals surface area contributed by atoms with Crippen molar-refractivity contribution < 1.29 is 4.79 Å². The highest BCUT2D eigenvalue weighted by molar-refractivity contribution is 7.10. The summed E-state index contributed by atoms with van der Waals surface area (Å²) < 4.78 is 0. The van der Waals surface area contributed by atoms with Gasteiger partial charge in [-0.15, -0.1) is 22.7 Å². The number of nitrogens with one attached hydrogen (secondary N) is 2. The molecule has 2 N–H and O–H groups in total. The van der Waals surface area contributed by atoms with Gasteiger partial charge in [-0.25, -0.2) is 4.98 Å². The third-order valence-corrected chi connectivity index (χ3v) is 4.73. The van der Waals surface area contributed by atoms with E-state index in [1.54, 1.807) is 22.7 Å². The minimum atomic E-state index is -0.175. The molecule has 0 aromatic carbocycles. The predicted octanol–water partition coefficient (Wildman–Crippen LogP) is 3.19. The summed E-state index contributed by atoms with van der Waals surface area (Å²) in [6.45, 7) is 6.45. The minimum absolute atomic E-state index is 0.0427. The number of hydrogen-bond acceptors (Lipinski definition) is 5. The molecule has 2 heterocycles. The summed E-state index contributed by atoms with van der Waals surface area (Å²) in [5.41, 5.74) is 0.714. The van der Waals surface area contributed by atoms with Crippen LogP contribution in [-0.4, -0.2) is 10.9 Å². The van der Waals surface area contributed by atoms with Crippen LogP contribution < -0.4 is 10.6 Å². The summed E-state index contributed by atoms with van der Waals surface area (Å²) in [6.07, 6.45) is 1.82. The average molecular weight is 295 g/mol. The van der Waals surface area contributed by atoms with E-state index >= 15 is 0 Å². The van der Waals surface area contributed by atoms with Crippen molar-refractivity contribution in [1.29, 1.82) is 0 Å². The highest BCUT2D eigenvalue weighted by Crippen LogP contribution is 2.26. The maximum atomic E-state index is 11.1.